The van der Waals surface area contributed by atoms with E-state index in [0.717, 1.165) is 5.56 Å². The van der Waals surface area contributed by atoms with E-state index < -0.39 is 18.5 Å². The number of aromatic nitrogens is 2. The Morgan fingerprint density at radius 2 is 1.86 bits per heavy atom. The zero-order chi connectivity index (χ0) is 19.9. The molecule has 8 heteroatoms. The Balaban J connectivity index is 1.60. The van der Waals surface area contributed by atoms with E-state index >= 15 is 0 Å². The first-order valence-corrected chi connectivity index (χ1v) is 9.47. The summed E-state index contributed by atoms with van der Waals surface area (Å²) in [5, 5.41) is 1.84. The molecule has 28 heavy (non-hydrogen) atoms. The number of thiazole rings is 1. The number of esters is 1. The second kappa shape index (κ2) is 9.09. The van der Waals surface area contributed by atoms with Crippen LogP contribution in [0.4, 0.5) is 0 Å². The van der Waals surface area contributed by atoms with E-state index in [1.807, 2.05) is 47.3 Å². The zero-order valence-electron chi connectivity index (χ0n) is 15.3. The third-order valence-corrected chi connectivity index (χ3v) is 4.70. The lowest BCUT2D eigenvalue weighted by molar-refractivity contribution is -0.148. The number of aryl methyl sites for hydroxylation is 1. The van der Waals surface area contributed by atoms with Gasteiger partial charge in [0.05, 0.1) is 0 Å². The third kappa shape index (κ3) is 5.37. The maximum Gasteiger partial charge on any atom is 0.326 e. The fourth-order valence-corrected chi connectivity index (χ4v) is 3.20. The summed E-state index contributed by atoms with van der Waals surface area (Å²) in [6.07, 6.45) is 3.33. The minimum absolute atomic E-state index is 0.251. The minimum Gasteiger partial charge on any atom is -0.454 e. The molecule has 2 aromatic heterocycles. The molecule has 0 saturated carbocycles. The minimum atomic E-state index is -0.671. The summed E-state index contributed by atoms with van der Waals surface area (Å²) >= 11 is 1.33. The van der Waals surface area contributed by atoms with Crippen LogP contribution in [0, 0.1) is 6.92 Å². The van der Waals surface area contributed by atoms with Crippen molar-refractivity contribution in [3.63, 3.8) is 0 Å². The van der Waals surface area contributed by atoms with Crippen LogP contribution in [0.3, 0.4) is 0 Å². The second-order valence-electron chi connectivity index (χ2n) is 6.13. The number of amides is 1. The number of hydrogen-bond donors (Lipinski definition) is 0. The second-order valence-corrected chi connectivity index (χ2v) is 7.01. The first kappa shape index (κ1) is 19.5. The molecule has 3 aromatic rings. The first-order valence-electron chi connectivity index (χ1n) is 8.59. The van der Waals surface area contributed by atoms with E-state index in [9.17, 15) is 14.4 Å². The lowest BCUT2D eigenvalue weighted by atomic mass is 10.1. The predicted molar refractivity (Wildman–Crippen MR) is 105 cm³/mol. The molecule has 0 unspecified atom stereocenters. The molecule has 0 spiro atoms. The van der Waals surface area contributed by atoms with Gasteiger partial charge >= 0.3 is 5.97 Å². The zero-order valence-corrected chi connectivity index (χ0v) is 16.1. The van der Waals surface area contributed by atoms with E-state index in [0.29, 0.717) is 11.3 Å². The van der Waals surface area contributed by atoms with Crippen LogP contribution in [-0.2, 0) is 27.4 Å². The molecule has 0 aliphatic rings. The van der Waals surface area contributed by atoms with Gasteiger partial charge in [-0.05, 0) is 18.6 Å². The van der Waals surface area contributed by atoms with Crippen LogP contribution < -0.4 is 10.4 Å². The topological polar surface area (TPSA) is 82.7 Å². The maximum absolute atomic E-state index is 12.1. The largest absolute Gasteiger partial charge is 0.454 e. The van der Waals surface area contributed by atoms with Gasteiger partial charge < -0.3 is 13.9 Å². The summed E-state index contributed by atoms with van der Waals surface area (Å²) in [6.45, 7) is 1.89. The molecule has 0 aliphatic carbocycles. The number of hydrogen-bond acceptors (Lipinski definition) is 5. The average molecular weight is 397 g/mol. The molecule has 0 radical (unpaired) electrons. The average Bonchev–Trinajstić information content (AvgIpc) is 3.10. The third-order valence-electron chi connectivity index (χ3n) is 3.91. The van der Waals surface area contributed by atoms with Gasteiger partial charge in [-0.2, -0.15) is 4.99 Å². The lowest BCUT2D eigenvalue weighted by Crippen LogP contribution is -2.25. The van der Waals surface area contributed by atoms with Crippen molar-refractivity contribution in [3.8, 4) is 0 Å². The molecule has 2 heterocycles. The SMILES string of the molecule is Cc1ccc(Cn2ccsc2=NC(=O)COC(=O)Cn2ccccc2=O)cc1. The van der Waals surface area contributed by atoms with Gasteiger partial charge in [0, 0.05) is 30.4 Å². The van der Waals surface area contributed by atoms with Gasteiger partial charge in [-0.15, -0.1) is 11.3 Å². The van der Waals surface area contributed by atoms with Gasteiger partial charge in [-0.25, -0.2) is 0 Å². The Kier molecular flexibility index (Phi) is 6.33. The Morgan fingerprint density at radius 1 is 1.07 bits per heavy atom. The van der Waals surface area contributed by atoms with Crippen molar-refractivity contribution in [3.05, 3.63) is 86.5 Å². The van der Waals surface area contributed by atoms with Crippen molar-refractivity contribution < 1.29 is 14.3 Å². The van der Waals surface area contributed by atoms with Crippen LogP contribution in [0.25, 0.3) is 0 Å². The highest BCUT2D eigenvalue weighted by Gasteiger charge is 2.09. The molecular formula is C20H19N3O4S. The molecule has 3 rings (SSSR count). The van der Waals surface area contributed by atoms with Crippen molar-refractivity contribution in [2.45, 2.75) is 20.0 Å². The van der Waals surface area contributed by atoms with Gasteiger partial charge in [0.25, 0.3) is 11.5 Å². The molecule has 0 fully saturated rings. The van der Waals surface area contributed by atoms with Gasteiger partial charge in [0.15, 0.2) is 11.4 Å². The summed E-state index contributed by atoms with van der Waals surface area (Å²) in [5.41, 5.74) is 1.96. The fourth-order valence-electron chi connectivity index (χ4n) is 2.45. The Morgan fingerprint density at radius 3 is 2.61 bits per heavy atom. The molecule has 1 aromatic carbocycles. The van der Waals surface area contributed by atoms with E-state index in [1.54, 1.807) is 12.1 Å². The van der Waals surface area contributed by atoms with E-state index in [-0.39, 0.29) is 12.1 Å². The highest BCUT2D eigenvalue weighted by atomic mass is 32.1. The number of ether oxygens (including phenoxy) is 1. The number of carbonyl (C=O) groups is 2. The summed E-state index contributed by atoms with van der Waals surface area (Å²) in [5.74, 6) is -1.23. The van der Waals surface area contributed by atoms with Gasteiger partial charge in [0.1, 0.15) is 6.54 Å². The first-order chi connectivity index (χ1) is 13.5. The Bertz CT molecular complexity index is 1090. The molecule has 144 valence electrons. The molecule has 0 atom stereocenters. The van der Waals surface area contributed by atoms with Crippen molar-refractivity contribution in [2.75, 3.05) is 6.61 Å². The van der Waals surface area contributed by atoms with Crippen LogP contribution in [0.1, 0.15) is 11.1 Å². The van der Waals surface area contributed by atoms with Crippen molar-refractivity contribution in [1.82, 2.24) is 9.13 Å². The molecule has 0 aliphatic heterocycles. The standard InChI is InChI=1S/C20H19N3O4S/c1-15-5-7-16(8-6-15)12-23-10-11-28-20(23)21-17(24)14-27-19(26)13-22-9-3-2-4-18(22)25/h2-11H,12-14H2,1H3. The molecule has 0 saturated heterocycles. The predicted octanol–water partition coefficient (Wildman–Crippen LogP) is 1.74. The summed E-state index contributed by atoms with van der Waals surface area (Å²) < 4.78 is 8.00. The number of carbonyl (C=O) groups excluding carboxylic acids is 2. The smallest absolute Gasteiger partial charge is 0.326 e. The quantitative estimate of drug-likeness (QED) is 0.593. The highest BCUT2D eigenvalue weighted by Crippen LogP contribution is 2.05. The summed E-state index contributed by atoms with van der Waals surface area (Å²) in [7, 11) is 0. The highest BCUT2D eigenvalue weighted by molar-refractivity contribution is 7.07. The van der Waals surface area contributed by atoms with E-state index in [2.05, 4.69) is 4.99 Å². The van der Waals surface area contributed by atoms with E-state index in [1.165, 1.54) is 33.7 Å². The van der Waals surface area contributed by atoms with Crippen LogP contribution in [0.15, 0.2) is 70.0 Å². The van der Waals surface area contributed by atoms with Crippen molar-refractivity contribution >= 4 is 23.2 Å². The summed E-state index contributed by atoms with van der Waals surface area (Å²) in [6, 6.07) is 12.7. The monoisotopic (exact) mass is 397 g/mol. The maximum atomic E-state index is 12.1. The molecule has 0 bridgehead atoms. The lowest BCUT2D eigenvalue weighted by Gasteiger charge is -2.05. The normalized spacial score (nSPS) is 11.4. The number of pyridine rings is 1. The van der Waals surface area contributed by atoms with Gasteiger partial charge in [0.2, 0.25) is 0 Å². The molecule has 7 nitrogen and oxygen atoms in total. The Hall–Kier alpha value is -3.26. The molecular weight excluding hydrogens is 378 g/mol. The van der Waals surface area contributed by atoms with Crippen LogP contribution in [0.5, 0.6) is 0 Å². The Labute approximate surface area is 165 Å². The van der Waals surface area contributed by atoms with Crippen LogP contribution >= 0.6 is 11.3 Å². The number of nitrogens with zero attached hydrogens (tertiary/aromatic N) is 3. The molecule has 0 N–H and O–H groups in total. The van der Waals surface area contributed by atoms with Gasteiger partial charge in [-0.3, -0.25) is 14.4 Å². The molecule has 1 amide bonds. The van der Waals surface area contributed by atoms with Crippen LogP contribution in [0.2, 0.25) is 0 Å². The summed E-state index contributed by atoms with van der Waals surface area (Å²) in [4.78, 5) is 40.0. The number of rotatable bonds is 6. The van der Waals surface area contributed by atoms with Gasteiger partial charge in [-0.1, -0.05) is 35.9 Å². The van der Waals surface area contributed by atoms with Crippen LogP contribution in [-0.4, -0.2) is 27.6 Å². The van der Waals surface area contributed by atoms with Crippen molar-refractivity contribution in [1.29, 1.82) is 0 Å². The van der Waals surface area contributed by atoms with E-state index in [4.69, 9.17) is 4.74 Å². The fraction of sp³-hybridized carbons (Fsp3) is 0.200. The number of benzene rings is 1. The van der Waals surface area contributed by atoms with Crippen molar-refractivity contribution in [2.24, 2.45) is 4.99 Å².